The second kappa shape index (κ2) is 9.13. The molecule has 0 N–H and O–H groups in total. The summed E-state index contributed by atoms with van der Waals surface area (Å²) in [6.07, 6.45) is 0. The van der Waals surface area contributed by atoms with Crippen molar-refractivity contribution in [2.45, 2.75) is 13.8 Å². The highest BCUT2D eigenvalue weighted by Crippen LogP contribution is 2.33. The molecule has 0 aliphatic heterocycles. The minimum Gasteiger partial charge on any atom is -0.302 e. The van der Waals surface area contributed by atoms with Crippen molar-refractivity contribution in [1.82, 2.24) is 9.88 Å². The van der Waals surface area contributed by atoms with Crippen LogP contribution in [0.3, 0.4) is 0 Å². The second-order valence-corrected chi connectivity index (χ2v) is 8.54. The maximum atomic E-state index is 13.6. The first-order valence-electron chi connectivity index (χ1n) is 10.2. The fourth-order valence-corrected chi connectivity index (χ4v) is 4.85. The number of nitrogens with zero attached hydrogens (tertiary/aromatic N) is 3. The summed E-state index contributed by atoms with van der Waals surface area (Å²) in [5.41, 5.74) is 1.41. The number of carbonyl (C=O) groups excluding carboxylic acids is 1. The number of para-hydroxylation sites is 1. The van der Waals surface area contributed by atoms with Gasteiger partial charge in [-0.3, -0.25) is 9.69 Å². The Morgan fingerprint density at radius 3 is 2.47 bits per heavy atom. The quantitative estimate of drug-likeness (QED) is 0.351. The summed E-state index contributed by atoms with van der Waals surface area (Å²) in [6.45, 7) is 7.52. The Hall–Kier alpha value is -2.47. The number of carbonyl (C=O) groups is 1. The van der Waals surface area contributed by atoms with Crippen molar-refractivity contribution in [3.05, 3.63) is 71.2 Å². The van der Waals surface area contributed by atoms with Crippen molar-refractivity contribution in [1.29, 1.82) is 0 Å². The SMILES string of the molecule is CCN(CC)CCN(C(=O)c1ccc2ccccc2c1)c1nc2c(Cl)cccc2s1. The summed E-state index contributed by atoms with van der Waals surface area (Å²) in [4.78, 5) is 22.4. The average molecular weight is 438 g/mol. The van der Waals surface area contributed by atoms with E-state index in [-0.39, 0.29) is 5.91 Å². The van der Waals surface area contributed by atoms with Gasteiger partial charge in [-0.1, -0.05) is 73.2 Å². The Morgan fingerprint density at radius 2 is 1.73 bits per heavy atom. The van der Waals surface area contributed by atoms with E-state index >= 15 is 0 Å². The van der Waals surface area contributed by atoms with Gasteiger partial charge in [0.1, 0.15) is 5.52 Å². The van der Waals surface area contributed by atoms with Crippen molar-refractivity contribution in [2.24, 2.45) is 0 Å². The van der Waals surface area contributed by atoms with Gasteiger partial charge in [0.15, 0.2) is 5.13 Å². The number of anilines is 1. The predicted molar refractivity (Wildman–Crippen MR) is 128 cm³/mol. The van der Waals surface area contributed by atoms with Gasteiger partial charge in [0, 0.05) is 18.7 Å². The first kappa shape index (κ1) is 20.8. The molecule has 0 unspecified atom stereocenters. The maximum Gasteiger partial charge on any atom is 0.260 e. The minimum atomic E-state index is -0.0388. The maximum absolute atomic E-state index is 13.6. The van der Waals surface area contributed by atoms with E-state index in [0.717, 1.165) is 40.6 Å². The number of amides is 1. The van der Waals surface area contributed by atoms with E-state index in [9.17, 15) is 4.79 Å². The molecule has 1 heterocycles. The van der Waals surface area contributed by atoms with Crippen LogP contribution in [0.25, 0.3) is 21.0 Å². The molecule has 154 valence electrons. The molecule has 0 bridgehead atoms. The average Bonchev–Trinajstić information content (AvgIpc) is 3.21. The zero-order valence-electron chi connectivity index (χ0n) is 17.1. The van der Waals surface area contributed by atoms with E-state index < -0.39 is 0 Å². The zero-order chi connectivity index (χ0) is 21.1. The van der Waals surface area contributed by atoms with E-state index in [1.54, 1.807) is 4.90 Å². The lowest BCUT2D eigenvalue weighted by molar-refractivity contribution is 0.0984. The van der Waals surface area contributed by atoms with Gasteiger partial charge in [-0.2, -0.15) is 0 Å². The minimum absolute atomic E-state index is 0.0388. The largest absolute Gasteiger partial charge is 0.302 e. The summed E-state index contributed by atoms with van der Waals surface area (Å²) >= 11 is 7.85. The molecule has 0 spiro atoms. The van der Waals surface area contributed by atoms with Crippen LogP contribution in [0.2, 0.25) is 5.02 Å². The Balaban J connectivity index is 1.72. The third-order valence-corrected chi connectivity index (χ3v) is 6.71. The lowest BCUT2D eigenvalue weighted by atomic mass is 10.1. The normalized spacial score (nSPS) is 11.5. The Kier molecular flexibility index (Phi) is 6.32. The van der Waals surface area contributed by atoms with Gasteiger partial charge in [0.25, 0.3) is 5.91 Å². The molecule has 1 aromatic heterocycles. The van der Waals surface area contributed by atoms with Crippen LogP contribution >= 0.6 is 22.9 Å². The van der Waals surface area contributed by atoms with E-state index in [4.69, 9.17) is 16.6 Å². The molecule has 0 saturated heterocycles. The number of likely N-dealkylation sites (N-methyl/N-ethyl adjacent to an activating group) is 1. The molecule has 4 nitrogen and oxygen atoms in total. The monoisotopic (exact) mass is 437 g/mol. The predicted octanol–water partition coefficient (Wildman–Crippen LogP) is 6.09. The summed E-state index contributed by atoms with van der Waals surface area (Å²) in [5, 5.41) is 3.47. The molecule has 4 rings (SSSR count). The summed E-state index contributed by atoms with van der Waals surface area (Å²) in [7, 11) is 0. The molecule has 30 heavy (non-hydrogen) atoms. The van der Waals surface area contributed by atoms with Crippen molar-refractivity contribution < 1.29 is 4.79 Å². The smallest absolute Gasteiger partial charge is 0.260 e. The molecule has 0 radical (unpaired) electrons. The highest BCUT2D eigenvalue weighted by atomic mass is 35.5. The topological polar surface area (TPSA) is 36.4 Å². The third kappa shape index (κ3) is 4.19. The Labute approximate surface area is 185 Å². The number of hydrogen-bond acceptors (Lipinski definition) is 4. The molecular weight excluding hydrogens is 414 g/mol. The number of hydrogen-bond donors (Lipinski definition) is 0. The van der Waals surface area contributed by atoms with Crippen LogP contribution in [0, 0.1) is 0 Å². The van der Waals surface area contributed by atoms with Crippen LogP contribution in [0.4, 0.5) is 5.13 Å². The van der Waals surface area contributed by atoms with Crippen LogP contribution in [0.15, 0.2) is 60.7 Å². The summed E-state index contributed by atoms with van der Waals surface area (Å²) < 4.78 is 0.983. The molecule has 1 amide bonds. The lowest BCUT2D eigenvalue weighted by Gasteiger charge is -2.25. The summed E-state index contributed by atoms with van der Waals surface area (Å²) in [5.74, 6) is -0.0388. The van der Waals surface area contributed by atoms with Crippen LogP contribution in [0.5, 0.6) is 0 Å². The Bertz CT molecular complexity index is 1190. The summed E-state index contributed by atoms with van der Waals surface area (Å²) in [6, 6.07) is 19.7. The van der Waals surface area contributed by atoms with Crippen LogP contribution in [-0.2, 0) is 0 Å². The molecule has 0 fully saturated rings. The number of thiazole rings is 1. The zero-order valence-corrected chi connectivity index (χ0v) is 18.7. The molecule has 0 atom stereocenters. The number of aromatic nitrogens is 1. The van der Waals surface area contributed by atoms with E-state index in [1.807, 2.05) is 54.6 Å². The van der Waals surface area contributed by atoms with Crippen molar-refractivity contribution in [3.8, 4) is 0 Å². The molecule has 0 saturated carbocycles. The van der Waals surface area contributed by atoms with Crippen LogP contribution in [0.1, 0.15) is 24.2 Å². The highest BCUT2D eigenvalue weighted by Gasteiger charge is 2.22. The molecule has 6 heteroatoms. The van der Waals surface area contributed by atoms with Gasteiger partial charge in [0.05, 0.1) is 9.72 Å². The van der Waals surface area contributed by atoms with E-state index in [2.05, 4.69) is 24.8 Å². The van der Waals surface area contributed by atoms with Gasteiger partial charge in [0.2, 0.25) is 0 Å². The van der Waals surface area contributed by atoms with Gasteiger partial charge >= 0.3 is 0 Å². The third-order valence-electron chi connectivity index (χ3n) is 5.37. The van der Waals surface area contributed by atoms with Gasteiger partial charge < -0.3 is 4.90 Å². The van der Waals surface area contributed by atoms with Crippen molar-refractivity contribution >= 4 is 55.0 Å². The molecule has 3 aromatic carbocycles. The molecule has 0 aliphatic rings. The molecule has 4 aromatic rings. The standard InChI is InChI=1S/C24H24ClN3OS/c1-3-27(4-2)14-15-28(24-26-22-20(25)10-7-11-21(22)30-24)23(29)19-13-12-17-8-5-6-9-18(17)16-19/h5-13,16H,3-4,14-15H2,1-2H3. The number of fused-ring (bicyclic) bond motifs is 2. The van der Waals surface area contributed by atoms with Crippen molar-refractivity contribution in [3.63, 3.8) is 0 Å². The van der Waals surface area contributed by atoms with Gasteiger partial charge in [-0.05, 0) is 48.1 Å². The fourth-order valence-electron chi connectivity index (χ4n) is 3.56. The lowest BCUT2D eigenvalue weighted by Crippen LogP contribution is -2.38. The first-order chi connectivity index (χ1) is 14.6. The van der Waals surface area contributed by atoms with E-state index in [0.29, 0.717) is 22.3 Å². The van der Waals surface area contributed by atoms with Crippen molar-refractivity contribution in [2.75, 3.05) is 31.1 Å². The number of halogens is 1. The van der Waals surface area contributed by atoms with Gasteiger partial charge in [-0.25, -0.2) is 4.98 Å². The van der Waals surface area contributed by atoms with Crippen LogP contribution in [-0.4, -0.2) is 42.0 Å². The Morgan fingerprint density at radius 1 is 0.967 bits per heavy atom. The highest BCUT2D eigenvalue weighted by molar-refractivity contribution is 7.22. The van der Waals surface area contributed by atoms with Gasteiger partial charge in [-0.15, -0.1) is 0 Å². The number of rotatable bonds is 7. The second-order valence-electron chi connectivity index (χ2n) is 7.13. The number of benzene rings is 3. The molecule has 0 aliphatic carbocycles. The molecular formula is C24H24ClN3OS. The fraction of sp³-hybridized carbons (Fsp3) is 0.250. The van der Waals surface area contributed by atoms with Crippen LogP contribution < -0.4 is 4.90 Å². The first-order valence-corrected chi connectivity index (χ1v) is 11.4. The van der Waals surface area contributed by atoms with E-state index in [1.165, 1.54) is 11.3 Å².